The first-order valence-electron chi connectivity index (χ1n) is 10.8. The number of nitrogens with one attached hydrogen (secondary N) is 2. The average molecular weight is 492 g/mol. The number of carbonyl (C=O) groups excluding carboxylic acids is 2. The fraction of sp³-hybridized carbons (Fsp3) is 0.200. The molecule has 10 heteroatoms. The molecular weight excluding hydrogens is 469 g/mol. The second kappa shape index (κ2) is 10.0. The van der Waals surface area contributed by atoms with Crippen molar-refractivity contribution in [1.29, 1.82) is 5.26 Å². The molecule has 178 valence electrons. The number of nitrogens with zero attached hydrogens (tertiary/aromatic N) is 3. The number of benzene rings is 2. The van der Waals surface area contributed by atoms with Gasteiger partial charge < -0.3 is 10.6 Å². The normalized spacial score (nSPS) is 15.5. The van der Waals surface area contributed by atoms with Crippen LogP contribution in [0.15, 0.2) is 70.0 Å². The maximum atomic E-state index is 14.4. The maximum Gasteiger partial charge on any atom is 0.295 e. The Kier molecular flexibility index (Phi) is 6.89. The molecule has 4 rings (SSSR count). The van der Waals surface area contributed by atoms with Gasteiger partial charge in [-0.15, -0.1) is 0 Å². The lowest BCUT2D eigenvalue weighted by Crippen LogP contribution is -2.32. The summed E-state index contributed by atoms with van der Waals surface area (Å²) in [6, 6.07) is 17.1. The lowest BCUT2D eigenvalue weighted by Gasteiger charge is -2.25. The molecule has 0 saturated heterocycles. The highest BCUT2D eigenvalue weighted by Crippen LogP contribution is 2.36. The van der Waals surface area contributed by atoms with Gasteiger partial charge in [0.25, 0.3) is 5.56 Å². The third-order valence-electron chi connectivity index (χ3n) is 5.80. The predicted molar refractivity (Wildman–Crippen MR) is 131 cm³/mol. The van der Waals surface area contributed by atoms with Crippen LogP contribution in [0.3, 0.4) is 0 Å². The van der Waals surface area contributed by atoms with Gasteiger partial charge in [0.15, 0.2) is 0 Å². The van der Waals surface area contributed by atoms with Gasteiger partial charge in [0.1, 0.15) is 11.5 Å². The Morgan fingerprint density at radius 2 is 1.89 bits per heavy atom. The number of anilines is 1. The van der Waals surface area contributed by atoms with E-state index in [2.05, 4.69) is 16.7 Å². The number of carbonyl (C=O) groups is 2. The molecule has 0 radical (unpaired) electrons. The molecule has 2 heterocycles. The highest BCUT2D eigenvalue weighted by Gasteiger charge is 2.31. The van der Waals surface area contributed by atoms with Crippen LogP contribution in [0.2, 0.25) is 0 Å². The topological polar surface area (TPSA) is 109 Å². The summed E-state index contributed by atoms with van der Waals surface area (Å²) in [5.41, 5.74) is 1.44. The van der Waals surface area contributed by atoms with E-state index < -0.39 is 17.6 Å². The molecule has 0 saturated carbocycles. The van der Waals surface area contributed by atoms with E-state index in [1.807, 2.05) is 18.2 Å². The van der Waals surface area contributed by atoms with Crippen LogP contribution in [0.25, 0.3) is 5.69 Å². The fourth-order valence-electron chi connectivity index (χ4n) is 3.98. The van der Waals surface area contributed by atoms with Gasteiger partial charge in [-0.05, 0) is 30.7 Å². The third kappa shape index (κ3) is 4.76. The minimum atomic E-state index is -0.741. The summed E-state index contributed by atoms with van der Waals surface area (Å²) in [5.74, 6) is -2.26. The zero-order chi connectivity index (χ0) is 25.1. The van der Waals surface area contributed by atoms with E-state index in [4.69, 9.17) is 0 Å². The molecule has 8 nitrogen and oxygen atoms in total. The first-order valence-corrected chi connectivity index (χ1v) is 11.8. The summed E-state index contributed by atoms with van der Waals surface area (Å²) >= 11 is 0.960. The van der Waals surface area contributed by atoms with Crippen LogP contribution < -0.4 is 16.2 Å². The molecular formula is C25H22FN5O3S. The number of allylic oxidation sites excluding steroid dienone is 1. The SMILES string of the molecule is Cc1c(NC(=O)CSC2=C(C#N)[C@H](c3ccccc3F)CC(=O)N2)c(=O)n(-c2ccccc2)n1C. The number of nitriles is 1. The number of aromatic nitrogens is 2. The van der Waals surface area contributed by atoms with Crippen molar-refractivity contribution in [3.05, 3.63) is 92.6 Å². The minimum absolute atomic E-state index is 0.0671. The van der Waals surface area contributed by atoms with Gasteiger partial charge in [-0.25, -0.2) is 9.07 Å². The second-order valence-electron chi connectivity index (χ2n) is 7.95. The molecule has 0 aliphatic carbocycles. The zero-order valence-corrected chi connectivity index (χ0v) is 19.9. The van der Waals surface area contributed by atoms with E-state index in [1.165, 1.54) is 16.8 Å². The Hall–Kier alpha value is -4.10. The number of hydrogen-bond donors (Lipinski definition) is 2. The molecule has 0 fully saturated rings. The van der Waals surface area contributed by atoms with Gasteiger partial charge in [-0.1, -0.05) is 48.2 Å². The molecule has 1 atom stereocenters. The molecule has 1 aliphatic heterocycles. The van der Waals surface area contributed by atoms with Gasteiger partial charge in [0, 0.05) is 19.4 Å². The molecule has 2 aromatic carbocycles. The molecule has 0 bridgehead atoms. The van der Waals surface area contributed by atoms with Crippen molar-refractivity contribution in [2.75, 3.05) is 11.1 Å². The smallest absolute Gasteiger partial charge is 0.295 e. The van der Waals surface area contributed by atoms with Gasteiger partial charge in [0.2, 0.25) is 11.8 Å². The van der Waals surface area contributed by atoms with Crippen LogP contribution in [0, 0.1) is 24.1 Å². The summed E-state index contributed by atoms with van der Waals surface area (Å²) < 4.78 is 17.5. The lowest BCUT2D eigenvalue weighted by atomic mass is 9.87. The van der Waals surface area contributed by atoms with Crippen molar-refractivity contribution in [2.24, 2.45) is 7.05 Å². The average Bonchev–Trinajstić information content (AvgIpc) is 3.06. The van der Waals surface area contributed by atoms with E-state index in [1.54, 1.807) is 42.9 Å². The van der Waals surface area contributed by atoms with Gasteiger partial charge in [-0.2, -0.15) is 5.26 Å². The lowest BCUT2D eigenvalue weighted by molar-refractivity contribution is -0.121. The number of rotatable bonds is 6. The Morgan fingerprint density at radius 3 is 2.57 bits per heavy atom. The summed E-state index contributed by atoms with van der Waals surface area (Å²) in [5, 5.41) is 15.2. The molecule has 2 amide bonds. The Bertz CT molecular complexity index is 1440. The minimum Gasteiger partial charge on any atom is -0.320 e. The number of para-hydroxylation sites is 1. The molecule has 2 N–H and O–H groups in total. The highest BCUT2D eigenvalue weighted by molar-refractivity contribution is 8.03. The van der Waals surface area contributed by atoms with E-state index >= 15 is 0 Å². The molecule has 0 spiro atoms. The Morgan fingerprint density at radius 1 is 1.20 bits per heavy atom. The molecule has 3 aromatic rings. The second-order valence-corrected chi connectivity index (χ2v) is 8.94. The van der Waals surface area contributed by atoms with Crippen molar-refractivity contribution in [3.8, 4) is 11.8 Å². The predicted octanol–water partition coefficient (Wildman–Crippen LogP) is 3.33. The van der Waals surface area contributed by atoms with Crippen molar-refractivity contribution in [2.45, 2.75) is 19.3 Å². The quantitative estimate of drug-likeness (QED) is 0.550. The van der Waals surface area contributed by atoms with Crippen LogP contribution in [-0.4, -0.2) is 26.9 Å². The largest absolute Gasteiger partial charge is 0.320 e. The van der Waals surface area contributed by atoms with E-state index in [-0.39, 0.29) is 45.5 Å². The summed E-state index contributed by atoms with van der Waals surface area (Å²) in [7, 11) is 1.72. The standard InChI is InChI=1S/C25H22FN5O3S/c1-15-23(25(34)31(30(15)2)16-8-4-3-5-9-16)28-22(33)14-35-24-19(13-27)18(12-21(32)29-24)17-10-6-7-11-20(17)26/h3-11,18H,12,14H2,1-2H3,(H,28,33)(H,29,32)/t18-/m0/s1. The Balaban J connectivity index is 1.55. The monoisotopic (exact) mass is 491 g/mol. The number of thioether (sulfide) groups is 1. The number of hydrogen-bond acceptors (Lipinski definition) is 5. The van der Waals surface area contributed by atoms with Crippen LogP contribution >= 0.6 is 11.8 Å². The van der Waals surface area contributed by atoms with E-state index in [0.29, 0.717) is 11.4 Å². The first-order chi connectivity index (χ1) is 16.8. The van der Waals surface area contributed by atoms with Crippen molar-refractivity contribution >= 4 is 29.3 Å². The van der Waals surface area contributed by atoms with Crippen molar-refractivity contribution in [3.63, 3.8) is 0 Å². The maximum absolute atomic E-state index is 14.4. The van der Waals surface area contributed by atoms with Gasteiger partial charge in [0.05, 0.1) is 33.8 Å². The molecule has 1 aliphatic rings. The van der Waals surface area contributed by atoms with Crippen molar-refractivity contribution < 1.29 is 14.0 Å². The van der Waals surface area contributed by atoms with Crippen molar-refractivity contribution in [1.82, 2.24) is 14.7 Å². The van der Waals surface area contributed by atoms with Crippen LogP contribution in [0.1, 0.15) is 23.6 Å². The number of amides is 2. The molecule has 0 unspecified atom stereocenters. The van der Waals surface area contributed by atoms with Gasteiger partial charge in [-0.3, -0.25) is 19.1 Å². The van der Waals surface area contributed by atoms with Crippen LogP contribution in [-0.2, 0) is 16.6 Å². The summed E-state index contributed by atoms with van der Waals surface area (Å²) in [6.45, 7) is 1.72. The first kappa shape index (κ1) is 24.0. The summed E-state index contributed by atoms with van der Waals surface area (Å²) in [4.78, 5) is 38.0. The van der Waals surface area contributed by atoms with E-state index in [9.17, 15) is 24.0 Å². The van der Waals surface area contributed by atoms with Gasteiger partial charge >= 0.3 is 0 Å². The summed E-state index contributed by atoms with van der Waals surface area (Å²) in [6.07, 6.45) is -0.0671. The highest BCUT2D eigenvalue weighted by atomic mass is 32.2. The fourth-order valence-corrected chi connectivity index (χ4v) is 4.86. The van der Waals surface area contributed by atoms with Crippen LogP contribution in [0.4, 0.5) is 10.1 Å². The van der Waals surface area contributed by atoms with E-state index in [0.717, 1.165) is 11.8 Å². The Labute approximate surface area is 205 Å². The number of halogens is 1. The molecule has 1 aromatic heterocycles. The molecule has 35 heavy (non-hydrogen) atoms. The third-order valence-corrected chi connectivity index (χ3v) is 6.82. The van der Waals surface area contributed by atoms with Crippen LogP contribution in [0.5, 0.6) is 0 Å². The zero-order valence-electron chi connectivity index (χ0n) is 19.0.